The highest BCUT2D eigenvalue weighted by molar-refractivity contribution is 6.41. The van der Waals surface area contributed by atoms with Gasteiger partial charge in [-0.15, -0.1) is 0 Å². The number of nitrogens with one attached hydrogen (secondary N) is 4. The van der Waals surface area contributed by atoms with Crippen LogP contribution < -0.4 is 31.9 Å². The van der Waals surface area contributed by atoms with Crippen LogP contribution in [0.4, 0.5) is 9.21 Å². The minimum atomic E-state index is -3.92. The number of carboxylic acid groups (broad SMARTS) is 1. The van der Waals surface area contributed by atoms with Gasteiger partial charge in [-0.1, -0.05) is 52.3 Å². The van der Waals surface area contributed by atoms with E-state index in [0.29, 0.717) is 63.8 Å². The number of carboxylic acids is 1. The summed E-state index contributed by atoms with van der Waals surface area (Å²) in [6, 6.07) is 5.50. The number of hydrogen-bond acceptors (Lipinski definition) is 19. The molecule has 2 fully saturated rings. The lowest BCUT2D eigenvalue weighted by atomic mass is 9.96. The zero-order chi connectivity index (χ0) is 61.8. The summed E-state index contributed by atoms with van der Waals surface area (Å²) in [5.74, 6) is -4.61. The third-order valence-corrected chi connectivity index (χ3v) is 15.2. The number of likely N-dealkylation sites (tertiary alicyclic amines) is 1. The average molecular weight is 1190 g/mol. The number of primary amides is 1. The molecule has 0 radical (unpaired) electrons. The highest BCUT2D eigenvalue weighted by Crippen LogP contribution is 2.38. The topological polar surface area (TPSA) is 350 Å². The number of likely N-dealkylation sites (N-methyl/N-ethyl adjacent to an activating group) is 3. The standard InChI is InChI=1S/C26H47N7O8.C19H26N2O2.C5H7NO4.C4H9NO2.Al.FH/c1-3-30(13-14-31(4-2)18-25(38)39)15-20-7-11-32(12-8-20)17-24(37)33(19-26(40)41)16-23(36)29-10-6-22(35)28-9-5-21(27)34;1-4-12(2)10-17(22)20-16-9-8-14-6-5-7-15-11-13(3)21(18(14)15)19(16)23;7-2-6-3-1-4(8)10-5(3)9;1-5(2)3-4(6)7;;/h20H,3-19H2,1-2H3,(H2,27,34)(H,28,35)(H,29,36)(H,38,39)(H,40,41);5-7,12-13,16H,4,8-11H2,1-3H3,(H,20,22);2-3,5,9H,1H2,(H,6,7);3H2,1-2H3,(H,6,7);;1H/q;;;;+3;/p-3. The molecule has 5 unspecified atom stereocenters. The Balaban J connectivity index is 0.000000440. The molecule has 4 aliphatic rings. The van der Waals surface area contributed by atoms with E-state index in [2.05, 4.69) is 73.7 Å². The van der Waals surface area contributed by atoms with E-state index < -0.39 is 94.2 Å². The number of anilines is 1. The van der Waals surface area contributed by atoms with Gasteiger partial charge in [0, 0.05) is 58.0 Å². The van der Waals surface area contributed by atoms with Crippen LogP contribution in [0.1, 0.15) is 97.1 Å². The summed E-state index contributed by atoms with van der Waals surface area (Å²) in [6.45, 7) is 13.4. The number of para-hydroxylation sites is 1. The molecule has 464 valence electrons. The van der Waals surface area contributed by atoms with Gasteiger partial charge in [0.1, 0.15) is 25.2 Å². The van der Waals surface area contributed by atoms with Gasteiger partial charge in [-0.3, -0.25) is 67.4 Å². The summed E-state index contributed by atoms with van der Waals surface area (Å²) in [4.78, 5) is 139. The predicted octanol–water partition coefficient (Wildman–Crippen LogP) is -1.45. The summed E-state index contributed by atoms with van der Waals surface area (Å²) in [6.07, 6.45) is 4.73. The molecule has 8 N–H and O–H groups in total. The summed E-state index contributed by atoms with van der Waals surface area (Å²) in [7, 11) is 3.27. The Hall–Kier alpha value is -6.35. The number of cyclic esters (lactones) is 1. The van der Waals surface area contributed by atoms with Crippen molar-refractivity contribution in [3.63, 3.8) is 0 Å². The van der Waals surface area contributed by atoms with E-state index in [1.165, 1.54) is 16.0 Å². The molecule has 1 aromatic carbocycles. The van der Waals surface area contributed by atoms with Gasteiger partial charge in [0.2, 0.25) is 48.1 Å². The van der Waals surface area contributed by atoms with Gasteiger partial charge in [-0.25, -0.2) is 0 Å². The SMILES string of the molecule is CCC(C)CC(=O)NC1CCc2cccc3c2N(C1=O)C(C)C3.CCN(CCN(CC)CC1CCN(CC(=O)N(CC(=O)O)CC(=O)NCCC(=O)NCCC(N)=O)CC1)CC(=O)[O][Al]([F])[O]C(=O)CN(C)C.O=CNC1CC(=O)OC1O. The normalized spacial score (nSPS) is 18.7. The van der Waals surface area contributed by atoms with Gasteiger partial charge < -0.3 is 67.8 Å². The number of aliphatic carboxylic acids is 1. The van der Waals surface area contributed by atoms with E-state index in [1.54, 1.807) is 14.1 Å². The predicted molar refractivity (Wildman–Crippen MR) is 301 cm³/mol. The van der Waals surface area contributed by atoms with Gasteiger partial charge in [-0.05, 0) is 102 Å². The molecule has 0 aliphatic carbocycles. The van der Waals surface area contributed by atoms with E-state index in [1.807, 2.05) is 28.5 Å². The van der Waals surface area contributed by atoms with Crippen LogP contribution in [0.3, 0.4) is 0 Å². The van der Waals surface area contributed by atoms with E-state index >= 15 is 0 Å². The fourth-order valence-electron chi connectivity index (χ4n) is 9.58. The van der Waals surface area contributed by atoms with E-state index in [-0.39, 0.29) is 69.8 Å². The van der Waals surface area contributed by atoms with Gasteiger partial charge in [0.15, 0.2) is 0 Å². The fraction of sp³-hybridized carbons (Fsp3) is 0.685. The van der Waals surface area contributed by atoms with Crippen LogP contribution in [0.25, 0.3) is 0 Å². The highest BCUT2D eigenvalue weighted by Gasteiger charge is 2.42. The molecule has 4 heterocycles. The average Bonchev–Trinajstić information content (AvgIpc) is 3.73. The minimum Gasteiger partial charge on any atom is -0.558 e. The number of nitrogens with zero attached hydrogens (tertiary/aromatic N) is 6. The third kappa shape index (κ3) is 26.4. The Kier molecular flexibility index (Phi) is 31.7. The van der Waals surface area contributed by atoms with Crippen molar-refractivity contribution in [2.45, 2.75) is 123 Å². The first kappa shape index (κ1) is 70.9. The van der Waals surface area contributed by atoms with Crippen molar-refractivity contribution in [2.75, 3.05) is 111 Å². The zero-order valence-electron chi connectivity index (χ0n) is 49.1. The zero-order valence-corrected chi connectivity index (χ0v) is 50.2. The van der Waals surface area contributed by atoms with Crippen LogP contribution in [-0.2, 0) is 77.9 Å². The van der Waals surface area contributed by atoms with Crippen LogP contribution >= 0.6 is 0 Å². The Morgan fingerprint density at radius 2 is 1.49 bits per heavy atom. The number of carbonyl (C=O) groups excluding carboxylic acids is 10. The first-order valence-corrected chi connectivity index (χ1v) is 29.7. The van der Waals surface area contributed by atoms with Crippen molar-refractivity contribution < 1.29 is 78.8 Å². The van der Waals surface area contributed by atoms with Crippen LogP contribution in [0.5, 0.6) is 0 Å². The number of piperidine rings is 1. The van der Waals surface area contributed by atoms with Crippen molar-refractivity contribution in [3.8, 4) is 0 Å². The number of esters is 1. The second-order valence-corrected chi connectivity index (χ2v) is 22.3. The molecule has 0 bridgehead atoms. The van der Waals surface area contributed by atoms with Crippen LogP contribution in [0.2, 0.25) is 0 Å². The number of rotatable bonds is 31. The molecule has 5 atom stereocenters. The number of nitrogens with two attached hydrogens (primary N) is 1. The molecule has 83 heavy (non-hydrogen) atoms. The lowest BCUT2D eigenvalue weighted by molar-refractivity contribution is -0.155. The summed E-state index contributed by atoms with van der Waals surface area (Å²) in [5.41, 5.74) is 8.61. The second kappa shape index (κ2) is 37.1. The smallest absolute Gasteiger partial charge is 0.558 e. The Morgan fingerprint density at radius 1 is 0.867 bits per heavy atom. The molecule has 5 rings (SSSR count). The summed E-state index contributed by atoms with van der Waals surface area (Å²) < 4.78 is 27.6. The maximum atomic E-state index is 14.0. The van der Waals surface area contributed by atoms with E-state index in [0.717, 1.165) is 55.8 Å². The molecular formula is C54H87AlFN11O16. The molecule has 27 nitrogen and oxygen atoms in total. The van der Waals surface area contributed by atoms with Crippen LogP contribution in [0.15, 0.2) is 18.2 Å². The van der Waals surface area contributed by atoms with E-state index in [4.69, 9.17) is 14.6 Å². The first-order valence-electron chi connectivity index (χ1n) is 28.3. The van der Waals surface area contributed by atoms with Crippen molar-refractivity contribution in [1.82, 2.24) is 45.8 Å². The lowest BCUT2D eigenvalue weighted by Crippen LogP contribution is -2.50. The van der Waals surface area contributed by atoms with Crippen molar-refractivity contribution in [1.29, 1.82) is 0 Å². The number of hydrogen-bond donors (Lipinski definition) is 7. The third-order valence-electron chi connectivity index (χ3n) is 14.3. The number of halogens is 1. The second-order valence-electron chi connectivity index (χ2n) is 21.3. The molecule has 7 amide bonds. The largest absolute Gasteiger partial charge is 1.15 e. The molecule has 29 heteroatoms. The minimum absolute atomic E-state index is 0.00395. The maximum absolute atomic E-state index is 14.0. The molecule has 4 aliphatic heterocycles. The number of ether oxygens (including phenoxy) is 1. The number of aliphatic hydroxyl groups excluding tert-OH is 1. The maximum Gasteiger partial charge on any atom is 1.15 e. The Labute approximate surface area is 490 Å². The quantitative estimate of drug-likeness (QED) is 0.0254. The highest BCUT2D eigenvalue weighted by atomic mass is 27.3. The summed E-state index contributed by atoms with van der Waals surface area (Å²) in [5, 5.41) is 28.3. The van der Waals surface area contributed by atoms with E-state index in [9.17, 15) is 61.4 Å². The molecule has 0 aromatic heterocycles. The number of carbonyl (C=O) groups is 11. The van der Waals surface area contributed by atoms with Gasteiger partial charge in [-0.2, -0.15) is 0 Å². The number of benzene rings is 1. The molecular weight excluding hydrogens is 1100 g/mol. The van der Waals surface area contributed by atoms with Crippen molar-refractivity contribution in [3.05, 3.63) is 29.3 Å². The van der Waals surface area contributed by atoms with Crippen LogP contribution in [-0.4, -0.2) is 246 Å². The number of aliphatic hydroxyl groups is 1. The fourth-order valence-corrected chi connectivity index (χ4v) is 10.2. The number of amides is 7. The summed E-state index contributed by atoms with van der Waals surface area (Å²) >= 11 is -3.92. The van der Waals surface area contributed by atoms with Crippen LogP contribution in [0, 0.1) is 11.8 Å². The van der Waals surface area contributed by atoms with Gasteiger partial charge in [0.25, 0.3) is 11.9 Å². The van der Waals surface area contributed by atoms with Gasteiger partial charge in [0.05, 0.1) is 31.7 Å². The Bertz CT molecular complexity index is 2350. The number of aryl methyl sites for hydroxylation is 1. The van der Waals surface area contributed by atoms with Crippen molar-refractivity contribution in [2.24, 2.45) is 17.6 Å². The molecule has 0 spiro atoms. The molecule has 1 aromatic rings. The lowest BCUT2D eigenvalue weighted by Gasteiger charge is -2.35. The van der Waals surface area contributed by atoms with Crippen molar-refractivity contribution >= 4 is 86.7 Å². The Morgan fingerprint density at radius 3 is 2.08 bits per heavy atom. The molecule has 2 saturated heterocycles. The van der Waals surface area contributed by atoms with Gasteiger partial charge >= 0.3 is 27.2 Å². The first-order chi connectivity index (χ1) is 39.4. The molecule has 0 saturated carbocycles. The monoisotopic (exact) mass is 1190 g/mol.